The molecule has 1 saturated heterocycles. The van der Waals surface area contributed by atoms with Gasteiger partial charge in [0.1, 0.15) is 11.3 Å². The van der Waals surface area contributed by atoms with Crippen molar-refractivity contribution in [2.45, 2.75) is 45.7 Å². The van der Waals surface area contributed by atoms with Gasteiger partial charge in [-0.2, -0.15) is 0 Å². The lowest BCUT2D eigenvalue weighted by molar-refractivity contribution is -0.138. The van der Waals surface area contributed by atoms with Crippen molar-refractivity contribution in [3.05, 3.63) is 42.0 Å². The fraction of sp³-hybridized carbons (Fsp3) is 0.429. The van der Waals surface area contributed by atoms with Gasteiger partial charge in [0.25, 0.3) is 5.91 Å². The molecule has 0 radical (unpaired) electrons. The minimum atomic E-state index is -0.818. The Morgan fingerprint density at radius 3 is 2.58 bits per heavy atom. The number of benzene rings is 2. The molecule has 1 fully saturated rings. The number of carbonyl (C=O) groups excluding carboxylic acids is 2. The fourth-order valence-electron chi connectivity index (χ4n) is 3.42. The summed E-state index contributed by atoms with van der Waals surface area (Å²) in [7, 11) is 0. The lowest BCUT2D eigenvalue weighted by Gasteiger charge is -2.49. The summed E-state index contributed by atoms with van der Waals surface area (Å²) in [5, 5.41) is 4.76. The minimum absolute atomic E-state index is 0.0356. The van der Waals surface area contributed by atoms with E-state index in [-0.39, 0.29) is 17.9 Å². The van der Waals surface area contributed by atoms with Gasteiger partial charge in [0, 0.05) is 12.6 Å². The van der Waals surface area contributed by atoms with Crippen LogP contribution in [-0.4, -0.2) is 41.4 Å². The number of likely N-dealkylation sites (tertiary alicyclic amines) is 1. The molecule has 26 heavy (non-hydrogen) atoms. The summed E-state index contributed by atoms with van der Waals surface area (Å²) in [6, 6.07) is 11.6. The van der Waals surface area contributed by atoms with Crippen molar-refractivity contribution in [3.8, 4) is 5.75 Å². The molecule has 2 aromatic rings. The quantitative estimate of drug-likeness (QED) is 0.896. The van der Waals surface area contributed by atoms with Crippen molar-refractivity contribution in [1.82, 2.24) is 10.2 Å². The van der Waals surface area contributed by atoms with Gasteiger partial charge in [-0.15, -0.1) is 0 Å². The van der Waals surface area contributed by atoms with E-state index >= 15 is 0 Å². The molecule has 3 rings (SSSR count). The highest BCUT2D eigenvalue weighted by atomic mass is 16.5. The average Bonchev–Trinajstić information content (AvgIpc) is 2.59. The first-order chi connectivity index (χ1) is 12.4. The summed E-state index contributed by atoms with van der Waals surface area (Å²) >= 11 is 0. The summed E-state index contributed by atoms with van der Waals surface area (Å²) in [5.41, 5.74) is -0.282. The van der Waals surface area contributed by atoms with Gasteiger partial charge in [0.15, 0.2) is 0 Å². The van der Waals surface area contributed by atoms with Crippen LogP contribution in [0, 0.1) is 0 Å². The number of hydrogen-bond donors (Lipinski definition) is 1. The molecule has 1 aliphatic heterocycles. The smallest absolute Gasteiger partial charge is 0.259 e. The molecule has 0 saturated carbocycles. The Balaban J connectivity index is 2.02. The molecule has 138 valence electrons. The number of amides is 2. The van der Waals surface area contributed by atoms with Gasteiger partial charge >= 0.3 is 0 Å². The third kappa shape index (κ3) is 3.02. The first-order valence-electron chi connectivity index (χ1n) is 9.16. The van der Waals surface area contributed by atoms with Crippen LogP contribution in [0.4, 0.5) is 0 Å². The van der Waals surface area contributed by atoms with Crippen LogP contribution in [0.2, 0.25) is 0 Å². The number of carbonyl (C=O) groups is 2. The number of fused-ring (bicyclic) bond motifs is 1. The zero-order valence-corrected chi connectivity index (χ0v) is 15.8. The van der Waals surface area contributed by atoms with Crippen LogP contribution in [-0.2, 0) is 4.79 Å². The van der Waals surface area contributed by atoms with Gasteiger partial charge in [-0.25, -0.2) is 0 Å². The second-order valence-corrected chi connectivity index (χ2v) is 7.20. The summed E-state index contributed by atoms with van der Waals surface area (Å²) in [5.74, 6) is 0.304. The van der Waals surface area contributed by atoms with E-state index in [2.05, 4.69) is 5.32 Å². The van der Waals surface area contributed by atoms with E-state index in [0.717, 1.165) is 10.8 Å². The summed E-state index contributed by atoms with van der Waals surface area (Å²) in [4.78, 5) is 27.7. The van der Waals surface area contributed by atoms with E-state index in [0.29, 0.717) is 30.9 Å². The first kappa shape index (κ1) is 18.2. The molecule has 0 aromatic heterocycles. The lowest BCUT2D eigenvalue weighted by Crippen LogP contribution is -2.68. The second-order valence-electron chi connectivity index (χ2n) is 7.20. The number of ether oxygens (including phenoxy) is 1. The van der Waals surface area contributed by atoms with Gasteiger partial charge < -0.3 is 15.0 Å². The van der Waals surface area contributed by atoms with Crippen LogP contribution in [0.15, 0.2) is 36.4 Å². The van der Waals surface area contributed by atoms with Gasteiger partial charge in [-0.05, 0) is 51.0 Å². The highest BCUT2D eigenvalue weighted by Gasteiger charge is 2.50. The zero-order chi connectivity index (χ0) is 18.9. The molecule has 1 heterocycles. The largest absolute Gasteiger partial charge is 0.493 e. The van der Waals surface area contributed by atoms with E-state index in [1.807, 2.05) is 64.1 Å². The standard InChI is InChI=1S/C21H26N2O3/c1-5-26-17-11-10-15-8-6-7-9-16(15)18(17)19(24)23-13-12-21(23,4)20(25)22-14(2)3/h6-11,14H,5,12-13H2,1-4H3,(H,22,25). The van der Waals surface area contributed by atoms with Crippen LogP contribution in [0.5, 0.6) is 5.75 Å². The summed E-state index contributed by atoms with van der Waals surface area (Å²) < 4.78 is 5.73. The first-order valence-corrected chi connectivity index (χ1v) is 9.16. The van der Waals surface area contributed by atoms with Gasteiger partial charge in [0.2, 0.25) is 5.91 Å². The third-order valence-electron chi connectivity index (χ3n) is 4.98. The van der Waals surface area contributed by atoms with Gasteiger partial charge in [-0.1, -0.05) is 30.3 Å². The van der Waals surface area contributed by atoms with E-state index in [9.17, 15) is 9.59 Å². The highest BCUT2D eigenvalue weighted by Crippen LogP contribution is 2.36. The molecule has 1 atom stereocenters. The maximum absolute atomic E-state index is 13.4. The maximum atomic E-state index is 13.4. The summed E-state index contributed by atoms with van der Waals surface area (Å²) in [6.07, 6.45) is 0.659. The van der Waals surface area contributed by atoms with E-state index in [1.165, 1.54) is 0 Å². The van der Waals surface area contributed by atoms with Crippen LogP contribution in [0.1, 0.15) is 44.5 Å². The highest BCUT2D eigenvalue weighted by molar-refractivity contribution is 6.11. The Morgan fingerprint density at radius 1 is 1.23 bits per heavy atom. The Hall–Kier alpha value is -2.56. The molecule has 2 aromatic carbocycles. The SMILES string of the molecule is CCOc1ccc2ccccc2c1C(=O)N1CCC1(C)C(=O)NC(C)C. The van der Waals surface area contributed by atoms with Crippen molar-refractivity contribution in [1.29, 1.82) is 0 Å². The van der Waals surface area contributed by atoms with Crippen LogP contribution in [0.3, 0.4) is 0 Å². The maximum Gasteiger partial charge on any atom is 0.259 e. The Morgan fingerprint density at radius 2 is 1.96 bits per heavy atom. The van der Waals surface area contributed by atoms with Gasteiger partial charge in [0.05, 0.1) is 12.2 Å². The molecule has 2 amide bonds. The number of hydrogen-bond acceptors (Lipinski definition) is 3. The molecule has 1 N–H and O–H groups in total. The number of rotatable bonds is 5. The van der Waals surface area contributed by atoms with E-state index in [1.54, 1.807) is 4.90 Å². The molecular weight excluding hydrogens is 328 g/mol. The zero-order valence-electron chi connectivity index (χ0n) is 15.8. The number of nitrogens with zero attached hydrogens (tertiary/aromatic N) is 1. The van der Waals surface area contributed by atoms with Crippen molar-refractivity contribution in [2.24, 2.45) is 0 Å². The molecule has 1 unspecified atom stereocenters. The fourth-order valence-corrected chi connectivity index (χ4v) is 3.42. The Kier molecular flexibility index (Phi) is 4.90. The normalized spacial score (nSPS) is 19.3. The summed E-state index contributed by atoms with van der Waals surface area (Å²) in [6.45, 7) is 8.61. The van der Waals surface area contributed by atoms with E-state index < -0.39 is 5.54 Å². The van der Waals surface area contributed by atoms with Crippen molar-refractivity contribution >= 4 is 22.6 Å². The Labute approximate surface area is 154 Å². The van der Waals surface area contributed by atoms with Gasteiger partial charge in [-0.3, -0.25) is 9.59 Å². The predicted molar refractivity (Wildman–Crippen MR) is 102 cm³/mol. The monoisotopic (exact) mass is 354 g/mol. The van der Waals surface area contributed by atoms with Crippen molar-refractivity contribution in [2.75, 3.05) is 13.2 Å². The van der Waals surface area contributed by atoms with Crippen molar-refractivity contribution in [3.63, 3.8) is 0 Å². The molecule has 0 aliphatic carbocycles. The second kappa shape index (κ2) is 6.98. The average molecular weight is 354 g/mol. The molecule has 0 bridgehead atoms. The van der Waals surface area contributed by atoms with Crippen molar-refractivity contribution < 1.29 is 14.3 Å². The Bertz CT molecular complexity index is 846. The molecule has 5 nitrogen and oxygen atoms in total. The lowest BCUT2D eigenvalue weighted by atomic mass is 9.84. The predicted octanol–water partition coefficient (Wildman–Crippen LogP) is 3.37. The molecular formula is C21H26N2O3. The number of nitrogens with one attached hydrogen (secondary N) is 1. The molecule has 5 heteroatoms. The molecule has 1 aliphatic rings. The van der Waals surface area contributed by atoms with Crippen LogP contribution in [0.25, 0.3) is 10.8 Å². The molecule has 0 spiro atoms. The van der Waals surface area contributed by atoms with Crippen LogP contribution >= 0.6 is 0 Å². The van der Waals surface area contributed by atoms with Crippen LogP contribution < -0.4 is 10.1 Å². The van der Waals surface area contributed by atoms with E-state index in [4.69, 9.17) is 4.74 Å². The third-order valence-corrected chi connectivity index (χ3v) is 4.98. The minimum Gasteiger partial charge on any atom is -0.493 e. The topological polar surface area (TPSA) is 58.6 Å².